The van der Waals surface area contributed by atoms with Crippen LogP contribution in [-0.4, -0.2) is 17.9 Å². The van der Waals surface area contributed by atoms with Gasteiger partial charge in [-0.05, 0) is 68.2 Å². The molecule has 2 nitrogen and oxygen atoms in total. The van der Waals surface area contributed by atoms with Crippen molar-refractivity contribution >= 4 is 22.5 Å². The summed E-state index contributed by atoms with van der Waals surface area (Å²) in [5, 5.41) is 2.62. The lowest BCUT2D eigenvalue weighted by Gasteiger charge is -2.27. The minimum absolute atomic E-state index is 0.0710. The van der Waals surface area contributed by atoms with Gasteiger partial charge in [0.1, 0.15) is 5.75 Å². The number of fused-ring (bicyclic) bond motifs is 1. The van der Waals surface area contributed by atoms with Crippen molar-refractivity contribution in [1.29, 1.82) is 0 Å². The zero-order chi connectivity index (χ0) is 17.2. The molecular weight excluding hydrogens is 314 g/mol. The first-order valence-corrected chi connectivity index (χ1v) is 9.53. The summed E-state index contributed by atoms with van der Waals surface area (Å²) in [5.74, 6) is 0.932. The minimum atomic E-state index is 0.0710. The maximum atomic E-state index is 5.33. The molecule has 2 aromatic carbocycles. The molecule has 3 heteroatoms. The van der Waals surface area contributed by atoms with E-state index in [0.29, 0.717) is 0 Å². The Hall–Kier alpha value is -1.87. The average Bonchev–Trinajstić information content (AvgIpc) is 3.04. The van der Waals surface area contributed by atoms with Gasteiger partial charge in [0.05, 0.1) is 7.11 Å². The number of methoxy groups -OCH3 is 1. The van der Waals surface area contributed by atoms with E-state index < -0.39 is 0 Å². The zero-order valence-electron chi connectivity index (χ0n) is 14.9. The molecule has 0 amide bonds. The first-order chi connectivity index (χ1) is 11.5. The summed E-state index contributed by atoms with van der Waals surface area (Å²) in [7, 11) is 1.72. The van der Waals surface area contributed by atoms with Crippen LogP contribution in [0.3, 0.4) is 0 Å². The predicted molar refractivity (Wildman–Crippen MR) is 104 cm³/mol. The van der Waals surface area contributed by atoms with E-state index >= 15 is 0 Å². The second-order valence-corrected chi connectivity index (χ2v) is 7.70. The lowest BCUT2D eigenvalue weighted by Crippen LogP contribution is -2.25. The highest BCUT2D eigenvalue weighted by molar-refractivity contribution is 7.98. The van der Waals surface area contributed by atoms with Crippen LogP contribution in [0.15, 0.2) is 59.8 Å². The Bertz CT molecular complexity index is 835. The second-order valence-electron chi connectivity index (χ2n) is 6.82. The molecule has 0 fully saturated rings. The van der Waals surface area contributed by atoms with E-state index in [2.05, 4.69) is 73.5 Å². The molecule has 1 aromatic heterocycles. The van der Waals surface area contributed by atoms with E-state index in [1.807, 2.05) is 6.07 Å². The van der Waals surface area contributed by atoms with Crippen molar-refractivity contribution in [2.45, 2.75) is 37.1 Å². The Labute approximate surface area is 148 Å². The topological polar surface area (TPSA) is 14.2 Å². The van der Waals surface area contributed by atoms with Crippen molar-refractivity contribution in [3.63, 3.8) is 0 Å². The molecule has 0 atom stereocenters. The van der Waals surface area contributed by atoms with Crippen LogP contribution < -0.4 is 4.74 Å². The Kier molecular flexibility index (Phi) is 4.91. The van der Waals surface area contributed by atoms with Gasteiger partial charge in [0.15, 0.2) is 0 Å². The fourth-order valence-electron chi connectivity index (χ4n) is 3.00. The largest absolute Gasteiger partial charge is 0.497 e. The monoisotopic (exact) mass is 339 g/mol. The van der Waals surface area contributed by atoms with Crippen LogP contribution in [0.1, 0.15) is 25.8 Å². The minimum Gasteiger partial charge on any atom is -0.497 e. The molecule has 0 unspecified atom stereocenters. The fourth-order valence-corrected chi connectivity index (χ4v) is 3.45. The normalized spacial score (nSPS) is 11.8. The average molecular weight is 340 g/mol. The van der Waals surface area contributed by atoms with Crippen LogP contribution >= 0.6 is 11.8 Å². The molecule has 126 valence electrons. The lowest BCUT2D eigenvalue weighted by atomic mass is 9.95. The predicted octanol–water partition coefficient (Wildman–Crippen LogP) is 5.74. The number of nitrogens with zero attached hydrogens (tertiary/aromatic N) is 1. The molecule has 0 bridgehead atoms. The molecule has 0 N–H and O–H groups in total. The third kappa shape index (κ3) is 3.62. The number of aryl methyl sites for hydroxylation is 1. The van der Waals surface area contributed by atoms with Gasteiger partial charge in [0, 0.05) is 28.2 Å². The molecular formula is C21H25NOS. The molecule has 24 heavy (non-hydrogen) atoms. The van der Waals surface area contributed by atoms with Crippen molar-refractivity contribution in [2.24, 2.45) is 0 Å². The van der Waals surface area contributed by atoms with Gasteiger partial charge in [-0.25, -0.2) is 0 Å². The van der Waals surface area contributed by atoms with Crippen LogP contribution in [0.25, 0.3) is 10.8 Å². The molecule has 0 spiro atoms. The number of rotatable bonds is 6. The van der Waals surface area contributed by atoms with Gasteiger partial charge < -0.3 is 9.30 Å². The Balaban J connectivity index is 1.79. The molecule has 0 aliphatic heterocycles. The SMILES string of the molecule is COc1cccc(CCC(C)(C)n2cc3ccc(SC)cc3c2)c1. The molecule has 0 radical (unpaired) electrons. The summed E-state index contributed by atoms with van der Waals surface area (Å²) in [4.78, 5) is 1.31. The van der Waals surface area contributed by atoms with Gasteiger partial charge in [0.2, 0.25) is 0 Å². The highest BCUT2D eigenvalue weighted by Crippen LogP contribution is 2.29. The number of hydrogen-bond acceptors (Lipinski definition) is 2. The molecule has 3 rings (SSSR count). The van der Waals surface area contributed by atoms with Gasteiger partial charge in [-0.15, -0.1) is 11.8 Å². The number of hydrogen-bond donors (Lipinski definition) is 0. The van der Waals surface area contributed by atoms with Crippen LogP contribution in [0, 0.1) is 0 Å². The lowest BCUT2D eigenvalue weighted by molar-refractivity contribution is 0.329. The van der Waals surface area contributed by atoms with Crippen LogP contribution in [0.5, 0.6) is 5.75 Å². The first kappa shape index (κ1) is 17.0. The molecule has 0 aliphatic carbocycles. The summed E-state index contributed by atoms with van der Waals surface area (Å²) in [6.45, 7) is 4.61. The molecule has 3 aromatic rings. The Morgan fingerprint density at radius 1 is 1.04 bits per heavy atom. The molecule has 0 aliphatic rings. The number of thioether (sulfide) groups is 1. The van der Waals surface area contributed by atoms with Crippen molar-refractivity contribution in [3.8, 4) is 5.75 Å². The molecule has 1 heterocycles. The third-order valence-corrected chi connectivity index (χ3v) is 5.43. The maximum Gasteiger partial charge on any atom is 0.119 e. The van der Waals surface area contributed by atoms with Gasteiger partial charge in [0.25, 0.3) is 0 Å². The Morgan fingerprint density at radius 2 is 1.83 bits per heavy atom. The quantitative estimate of drug-likeness (QED) is 0.532. The molecule has 0 saturated carbocycles. The van der Waals surface area contributed by atoms with E-state index in [0.717, 1.165) is 18.6 Å². The zero-order valence-corrected chi connectivity index (χ0v) is 15.7. The molecule has 0 saturated heterocycles. The van der Waals surface area contributed by atoms with E-state index in [4.69, 9.17) is 4.74 Å². The van der Waals surface area contributed by atoms with Crippen LogP contribution in [0.4, 0.5) is 0 Å². The first-order valence-electron chi connectivity index (χ1n) is 8.31. The van der Waals surface area contributed by atoms with Crippen molar-refractivity contribution in [2.75, 3.05) is 13.4 Å². The summed E-state index contributed by atoms with van der Waals surface area (Å²) in [5.41, 5.74) is 1.39. The highest BCUT2D eigenvalue weighted by atomic mass is 32.2. The summed E-state index contributed by atoms with van der Waals surface area (Å²) >= 11 is 1.79. The smallest absolute Gasteiger partial charge is 0.119 e. The standard InChI is InChI=1S/C21H25NOS/c1-21(2,11-10-16-6-5-7-19(12-16)23-3)22-14-17-8-9-20(24-4)13-18(17)15-22/h5-9,12-15H,10-11H2,1-4H3. The van der Waals surface area contributed by atoms with Crippen LogP contribution in [0.2, 0.25) is 0 Å². The van der Waals surface area contributed by atoms with Gasteiger partial charge >= 0.3 is 0 Å². The second kappa shape index (κ2) is 6.94. The maximum absolute atomic E-state index is 5.33. The van der Waals surface area contributed by atoms with E-state index in [9.17, 15) is 0 Å². The van der Waals surface area contributed by atoms with Crippen molar-refractivity contribution in [1.82, 2.24) is 4.57 Å². The van der Waals surface area contributed by atoms with E-state index in [1.165, 1.54) is 21.2 Å². The Morgan fingerprint density at radius 3 is 2.58 bits per heavy atom. The van der Waals surface area contributed by atoms with Gasteiger partial charge in [-0.1, -0.05) is 18.2 Å². The highest BCUT2D eigenvalue weighted by Gasteiger charge is 2.20. The number of ether oxygens (including phenoxy) is 1. The fraction of sp³-hybridized carbons (Fsp3) is 0.333. The summed E-state index contributed by atoms with van der Waals surface area (Å²) in [6, 6.07) is 15.1. The van der Waals surface area contributed by atoms with Crippen molar-refractivity contribution < 1.29 is 4.74 Å². The third-order valence-electron chi connectivity index (χ3n) is 4.71. The number of aromatic nitrogens is 1. The summed E-state index contributed by atoms with van der Waals surface area (Å²) < 4.78 is 7.69. The number of benzene rings is 2. The van der Waals surface area contributed by atoms with Crippen molar-refractivity contribution in [3.05, 3.63) is 60.4 Å². The van der Waals surface area contributed by atoms with Crippen LogP contribution in [-0.2, 0) is 12.0 Å². The van der Waals surface area contributed by atoms with Gasteiger partial charge in [-0.2, -0.15) is 0 Å². The van der Waals surface area contributed by atoms with Gasteiger partial charge in [-0.3, -0.25) is 0 Å². The van der Waals surface area contributed by atoms with E-state index in [-0.39, 0.29) is 5.54 Å². The van der Waals surface area contributed by atoms with E-state index in [1.54, 1.807) is 18.9 Å². The summed E-state index contributed by atoms with van der Waals surface area (Å²) in [6.07, 6.45) is 8.78.